The first kappa shape index (κ1) is 13.4. The third-order valence-corrected chi connectivity index (χ3v) is 4.08. The first-order valence-electron chi connectivity index (χ1n) is 7.51. The third kappa shape index (κ3) is 2.77. The van der Waals surface area contributed by atoms with Gasteiger partial charge in [0.05, 0.1) is 17.4 Å². The molecule has 2 heterocycles. The van der Waals surface area contributed by atoms with Crippen molar-refractivity contribution < 1.29 is 4.79 Å². The van der Waals surface area contributed by atoms with Crippen LogP contribution in [0.2, 0.25) is 0 Å². The molecular weight excluding hydrogens is 252 g/mol. The highest BCUT2D eigenvalue weighted by atomic mass is 16.2. The summed E-state index contributed by atoms with van der Waals surface area (Å²) in [5.41, 5.74) is 1.58. The minimum absolute atomic E-state index is 0.124. The second kappa shape index (κ2) is 5.79. The topological polar surface area (TPSA) is 48.5 Å². The Kier molecular flexibility index (Phi) is 3.87. The van der Waals surface area contributed by atoms with Crippen LogP contribution in [0.15, 0.2) is 18.5 Å². The van der Waals surface area contributed by atoms with Crippen LogP contribution in [0.5, 0.6) is 0 Å². The van der Waals surface area contributed by atoms with Gasteiger partial charge in [0.25, 0.3) is 5.91 Å². The number of piperazine rings is 1. The molecule has 108 valence electrons. The van der Waals surface area contributed by atoms with E-state index in [0.29, 0.717) is 0 Å². The lowest BCUT2D eigenvalue weighted by Crippen LogP contribution is -2.49. The molecule has 1 aliphatic carbocycles. The first-order valence-corrected chi connectivity index (χ1v) is 7.51. The Hall–Kier alpha value is -1.62. The number of nitrogens with one attached hydrogen (secondary N) is 1. The van der Waals surface area contributed by atoms with Crippen molar-refractivity contribution in [3.8, 4) is 0 Å². The monoisotopic (exact) mass is 274 g/mol. The van der Waals surface area contributed by atoms with Crippen LogP contribution in [0.1, 0.15) is 30.1 Å². The summed E-state index contributed by atoms with van der Waals surface area (Å²) in [6.07, 6.45) is 6.09. The lowest BCUT2D eigenvalue weighted by molar-refractivity contribution is 0.0628. The number of pyridine rings is 1. The van der Waals surface area contributed by atoms with Crippen molar-refractivity contribution in [1.82, 2.24) is 14.8 Å². The Balaban J connectivity index is 1.66. The van der Waals surface area contributed by atoms with Gasteiger partial charge < -0.3 is 10.2 Å². The molecule has 20 heavy (non-hydrogen) atoms. The largest absolute Gasteiger partial charge is 0.383 e. The maximum atomic E-state index is 12.6. The molecule has 5 heteroatoms. The Bertz CT molecular complexity index is 479. The average Bonchev–Trinajstić information content (AvgIpc) is 3.32. The molecule has 1 aliphatic heterocycles. The third-order valence-electron chi connectivity index (χ3n) is 4.08. The highest BCUT2D eigenvalue weighted by molar-refractivity contribution is 5.99. The van der Waals surface area contributed by atoms with Gasteiger partial charge in [-0.05, 0) is 25.8 Å². The van der Waals surface area contributed by atoms with E-state index in [2.05, 4.69) is 15.2 Å². The Morgan fingerprint density at radius 3 is 2.75 bits per heavy atom. The molecule has 2 fully saturated rings. The molecule has 0 spiro atoms. The van der Waals surface area contributed by atoms with E-state index in [0.717, 1.165) is 50.0 Å². The number of hydrogen-bond acceptors (Lipinski definition) is 4. The summed E-state index contributed by atoms with van der Waals surface area (Å²) in [7, 11) is 0. The zero-order chi connectivity index (χ0) is 13.9. The fourth-order valence-electron chi connectivity index (χ4n) is 2.81. The standard InChI is InChI=1S/C15H22N4O/c1-2-17-14-11-16-6-5-13(14)15(20)19-9-7-18(8-10-19)12-3-4-12/h5-6,11-12,17H,2-4,7-10H2,1H3. The predicted molar refractivity (Wildman–Crippen MR) is 78.9 cm³/mol. The molecule has 0 unspecified atom stereocenters. The number of carbonyl (C=O) groups excluding carboxylic acids is 1. The van der Waals surface area contributed by atoms with Crippen LogP contribution in [-0.4, -0.2) is 59.5 Å². The van der Waals surface area contributed by atoms with Gasteiger partial charge in [-0.15, -0.1) is 0 Å². The van der Waals surface area contributed by atoms with E-state index in [1.54, 1.807) is 12.4 Å². The molecule has 1 aromatic heterocycles. The fraction of sp³-hybridized carbons (Fsp3) is 0.600. The Morgan fingerprint density at radius 1 is 1.35 bits per heavy atom. The number of anilines is 1. The number of rotatable bonds is 4. The van der Waals surface area contributed by atoms with Crippen LogP contribution < -0.4 is 5.32 Å². The molecule has 3 rings (SSSR count). The van der Waals surface area contributed by atoms with Crippen molar-refractivity contribution >= 4 is 11.6 Å². The Labute approximate surface area is 120 Å². The lowest BCUT2D eigenvalue weighted by atomic mass is 10.1. The van der Waals surface area contributed by atoms with Crippen molar-refractivity contribution in [3.63, 3.8) is 0 Å². The molecule has 1 aromatic rings. The van der Waals surface area contributed by atoms with Crippen molar-refractivity contribution in [1.29, 1.82) is 0 Å². The molecule has 0 bridgehead atoms. The molecule has 2 aliphatic rings. The van der Waals surface area contributed by atoms with Crippen LogP contribution in [0.3, 0.4) is 0 Å². The minimum atomic E-state index is 0.124. The molecule has 0 atom stereocenters. The highest BCUT2D eigenvalue weighted by Crippen LogP contribution is 2.28. The van der Waals surface area contributed by atoms with Gasteiger partial charge in [-0.1, -0.05) is 0 Å². The second-order valence-electron chi connectivity index (χ2n) is 5.51. The summed E-state index contributed by atoms with van der Waals surface area (Å²) < 4.78 is 0. The maximum Gasteiger partial charge on any atom is 0.256 e. The normalized spacial score (nSPS) is 19.9. The number of aromatic nitrogens is 1. The number of hydrogen-bond donors (Lipinski definition) is 1. The van der Waals surface area contributed by atoms with Crippen LogP contribution in [0.25, 0.3) is 0 Å². The molecule has 0 radical (unpaired) electrons. The first-order chi connectivity index (χ1) is 9.79. The van der Waals surface area contributed by atoms with Crippen molar-refractivity contribution in [2.24, 2.45) is 0 Å². The number of amides is 1. The quantitative estimate of drug-likeness (QED) is 0.902. The zero-order valence-corrected chi connectivity index (χ0v) is 12.0. The van der Waals surface area contributed by atoms with Crippen LogP contribution in [0, 0.1) is 0 Å². The van der Waals surface area contributed by atoms with Crippen LogP contribution >= 0.6 is 0 Å². The summed E-state index contributed by atoms with van der Waals surface area (Å²) in [5.74, 6) is 0.124. The van der Waals surface area contributed by atoms with Crippen LogP contribution in [-0.2, 0) is 0 Å². The van der Waals surface area contributed by atoms with Gasteiger partial charge in [0.15, 0.2) is 0 Å². The van der Waals surface area contributed by atoms with Gasteiger partial charge in [-0.3, -0.25) is 14.7 Å². The zero-order valence-electron chi connectivity index (χ0n) is 12.0. The van der Waals surface area contributed by atoms with Gasteiger partial charge in [0, 0.05) is 45.0 Å². The SMILES string of the molecule is CCNc1cnccc1C(=O)N1CCN(C2CC2)CC1. The van der Waals surface area contributed by atoms with Crippen molar-refractivity contribution in [3.05, 3.63) is 24.0 Å². The van der Waals surface area contributed by atoms with Crippen molar-refractivity contribution in [2.45, 2.75) is 25.8 Å². The van der Waals surface area contributed by atoms with E-state index >= 15 is 0 Å². The van der Waals surface area contributed by atoms with E-state index in [1.165, 1.54) is 12.8 Å². The Morgan fingerprint density at radius 2 is 2.10 bits per heavy atom. The summed E-state index contributed by atoms with van der Waals surface area (Å²) >= 11 is 0. The van der Waals surface area contributed by atoms with Gasteiger partial charge >= 0.3 is 0 Å². The van der Waals surface area contributed by atoms with E-state index in [9.17, 15) is 4.79 Å². The van der Waals surface area contributed by atoms with E-state index in [-0.39, 0.29) is 5.91 Å². The molecule has 5 nitrogen and oxygen atoms in total. The van der Waals surface area contributed by atoms with Gasteiger partial charge in [-0.25, -0.2) is 0 Å². The average molecular weight is 274 g/mol. The molecule has 1 amide bonds. The summed E-state index contributed by atoms with van der Waals surface area (Å²) in [6.45, 7) is 6.51. The van der Waals surface area contributed by atoms with E-state index in [1.807, 2.05) is 17.9 Å². The predicted octanol–water partition coefficient (Wildman–Crippen LogP) is 1.43. The van der Waals surface area contributed by atoms with Gasteiger partial charge in [0.2, 0.25) is 0 Å². The van der Waals surface area contributed by atoms with Crippen LogP contribution in [0.4, 0.5) is 5.69 Å². The summed E-state index contributed by atoms with van der Waals surface area (Å²) in [6, 6.07) is 2.61. The molecular formula is C15H22N4O. The lowest BCUT2D eigenvalue weighted by Gasteiger charge is -2.35. The van der Waals surface area contributed by atoms with E-state index in [4.69, 9.17) is 0 Å². The maximum absolute atomic E-state index is 12.6. The second-order valence-corrected chi connectivity index (χ2v) is 5.51. The molecule has 1 saturated heterocycles. The highest BCUT2D eigenvalue weighted by Gasteiger charge is 2.32. The van der Waals surface area contributed by atoms with Gasteiger partial charge in [-0.2, -0.15) is 0 Å². The smallest absolute Gasteiger partial charge is 0.256 e. The fourth-order valence-corrected chi connectivity index (χ4v) is 2.81. The minimum Gasteiger partial charge on any atom is -0.383 e. The summed E-state index contributed by atoms with van der Waals surface area (Å²) in [4.78, 5) is 21.2. The molecule has 1 saturated carbocycles. The molecule has 1 N–H and O–H groups in total. The van der Waals surface area contributed by atoms with Gasteiger partial charge in [0.1, 0.15) is 0 Å². The summed E-state index contributed by atoms with van der Waals surface area (Å²) in [5, 5.41) is 3.21. The molecule has 0 aromatic carbocycles. The number of carbonyl (C=O) groups is 1. The van der Waals surface area contributed by atoms with Crippen molar-refractivity contribution in [2.75, 3.05) is 38.0 Å². The number of nitrogens with zero attached hydrogens (tertiary/aromatic N) is 3. The van der Waals surface area contributed by atoms with E-state index < -0.39 is 0 Å².